The zero-order chi connectivity index (χ0) is 18.6. The SMILES string of the molecule is O=C(Nc1ccc(Cl)cc1)c1ccc(CNc2n[nH]c3ccccc23)cc1. The zero-order valence-corrected chi connectivity index (χ0v) is 15.1. The van der Waals surface area contributed by atoms with Crippen LogP contribution in [0.3, 0.4) is 0 Å². The normalized spacial score (nSPS) is 10.7. The van der Waals surface area contributed by atoms with Crippen LogP contribution in [0.15, 0.2) is 72.8 Å². The standard InChI is InChI=1S/C21H17ClN4O/c22-16-9-11-17(12-10-16)24-21(27)15-7-5-14(6-8-15)13-23-20-18-3-1-2-4-19(18)25-26-20/h1-12H,13H2,(H,24,27)(H2,23,25,26). The highest BCUT2D eigenvalue weighted by Crippen LogP contribution is 2.20. The monoisotopic (exact) mass is 376 g/mol. The number of H-pyrrole nitrogens is 1. The number of hydrogen-bond acceptors (Lipinski definition) is 3. The van der Waals surface area contributed by atoms with E-state index in [2.05, 4.69) is 20.8 Å². The van der Waals surface area contributed by atoms with Crippen LogP contribution >= 0.6 is 11.6 Å². The van der Waals surface area contributed by atoms with E-state index < -0.39 is 0 Å². The Morgan fingerprint density at radius 1 is 0.963 bits per heavy atom. The molecule has 5 nitrogen and oxygen atoms in total. The van der Waals surface area contributed by atoms with Crippen LogP contribution in [0, 0.1) is 0 Å². The molecule has 1 amide bonds. The van der Waals surface area contributed by atoms with Crippen molar-refractivity contribution in [1.29, 1.82) is 0 Å². The number of nitrogens with one attached hydrogen (secondary N) is 3. The topological polar surface area (TPSA) is 69.8 Å². The summed E-state index contributed by atoms with van der Waals surface area (Å²) >= 11 is 5.86. The molecule has 0 aliphatic heterocycles. The first-order valence-electron chi connectivity index (χ1n) is 8.52. The van der Waals surface area contributed by atoms with E-state index in [-0.39, 0.29) is 5.91 Å². The highest BCUT2D eigenvalue weighted by molar-refractivity contribution is 6.30. The molecule has 0 saturated heterocycles. The lowest BCUT2D eigenvalue weighted by Gasteiger charge is -2.07. The third-order valence-corrected chi connectivity index (χ3v) is 4.50. The summed E-state index contributed by atoms with van der Waals surface area (Å²) in [6.45, 7) is 0.619. The van der Waals surface area contributed by atoms with Crippen molar-refractivity contribution in [2.45, 2.75) is 6.54 Å². The van der Waals surface area contributed by atoms with Crippen molar-refractivity contribution in [2.24, 2.45) is 0 Å². The Kier molecular flexibility index (Phi) is 4.77. The maximum absolute atomic E-state index is 12.3. The molecule has 0 bridgehead atoms. The van der Waals surface area contributed by atoms with Gasteiger partial charge in [0.1, 0.15) is 0 Å². The summed E-state index contributed by atoms with van der Waals surface area (Å²) in [6.07, 6.45) is 0. The van der Waals surface area contributed by atoms with Crippen LogP contribution in [0.4, 0.5) is 11.5 Å². The molecule has 0 fully saturated rings. The fraction of sp³-hybridized carbons (Fsp3) is 0.0476. The van der Waals surface area contributed by atoms with Gasteiger partial charge < -0.3 is 10.6 Å². The Morgan fingerprint density at radius 2 is 1.70 bits per heavy atom. The van der Waals surface area contributed by atoms with Gasteiger partial charge in [0.25, 0.3) is 5.91 Å². The molecular weight excluding hydrogens is 360 g/mol. The third-order valence-electron chi connectivity index (χ3n) is 4.25. The number of hydrogen-bond donors (Lipinski definition) is 3. The minimum Gasteiger partial charge on any atom is -0.364 e. The van der Waals surface area contributed by atoms with E-state index >= 15 is 0 Å². The van der Waals surface area contributed by atoms with Gasteiger partial charge >= 0.3 is 0 Å². The number of aromatic nitrogens is 2. The van der Waals surface area contributed by atoms with Crippen LogP contribution in [0.25, 0.3) is 10.9 Å². The van der Waals surface area contributed by atoms with Gasteiger partial charge in [-0.1, -0.05) is 35.9 Å². The summed E-state index contributed by atoms with van der Waals surface area (Å²) in [6, 6.07) is 22.5. The second-order valence-corrected chi connectivity index (χ2v) is 6.57. The number of anilines is 2. The van der Waals surface area contributed by atoms with E-state index in [0.29, 0.717) is 22.8 Å². The predicted octanol–water partition coefficient (Wildman–Crippen LogP) is 5.08. The molecule has 6 heteroatoms. The Bertz CT molecular complexity index is 1070. The van der Waals surface area contributed by atoms with Gasteiger partial charge in [-0.3, -0.25) is 9.89 Å². The number of halogens is 1. The van der Waals surface area contributed by atoms with Gasteiger partial charge in [-0.25, -0.2) is 0 Å². The molecule has 1 aromatic heterocycles. The van der Waals surface area contributed by atoms with E-state index in [1.165, 1.54) is 0 Å². The predicted molar refractivity (Wildman–Crippen MR) is 109 cm³/mol. The number of amides is 1. The summed E-state index contributed by atoms with van der Waals surface area (Å²) in [4.78, 5) is 12.3. The van der Waals surface area contributed by atoms with E-state index in [0.717, 1.165) is 22.3 Å². The molecule has 0 unspecified atom stereocenters. The quantitative estimate of drug-likeness (QED) is 0.455. The molecule has 0 radical (unpaired) electrons. The van der Waals surface area contributed by atoms with Gasteiger partial charge in [-0.15, -0.1) is 0 Å². The fourth-order valence-electron chi connectivity index (χ4n) is 2.79. The highest BCUT2D eigenvalue weighted by atomic mass is 35.5. The second kappa shape index (κ2) is 7.51. The van der Waals surface area contributed by atoms with Crippen molar-refractivity contribution >= 4 is 39.9 Å². The Labute approximate surface area is 161 Å². The van der Waals surface area contributed by atoms with Crippen LogP contribution in [0.1, 0.15) is 15.9 Å². The van der Waals surface area contributed by atoms with Gasteiger partial charge in [0.15, 0.2) is 5.82 Å². The van der Waals surface area contributed by atoms with Gasteiger partial charge in [-0.2, -0.15) is 5.10 Å². The van der Waals surface area contributed by atoms with Crippen molar-refractivity contribution in [1.82, 2.24) is 10.2 Å². The first-order chi connectivity index (χ1) is 13.2. The number of nitrogens with zero attached hydrogens (tertiary/aromatic N) is 1. The van der Waals surface area contributed by atoms with Gasteiger partial charge in [0.05, 0.1) is 5.52 Å². The summed E-state index contributed by atoms with van der Waals surface area (Å²) in [7, 11) is 0. The first kappa shape index (κ1) is 17.1. The average Bonchev–Trinajstić information content (AvgIpc) is 3.12. The van der Waals surface area contributed by atoms with Gasteiger partial charge in [0.2, 0.25) is 0 Å². The number of benzene rings is 3. The van der Waals surface area contributed by atoms with E-state index in [1.54, 1.807) is 24.3 Å². The molecule has 134 valence electrons. The molecular formula is C21H17ClN4O. The second-order valence-electron chi connectivity index (χ2n) is 6.13. The lowest BCUT2D eigenvalue weighted by Crippen LogP contribution is -2.12. The van der Waals surface area contributed by atoms with E-state index in [9.17, 15) is 4.79 Å². The Morgan fingerprint density at radius 3 is 2.48 bits per heavy atom. The maximum Gasteiger partial charge on any atom is 0.255 e. The lowest BCUT2D eigenvalue weighted by molar-refractivity contribution is 0.102. The van der Waals surface area contributed by atoms with Crippen molar-refractivity contribution < 1.29 is 4.79 Å². The van der Waals surface area contributed by atoms with E-state index in [4.69, 9.17) is 11.6 Å². The maximum atomic E-state index is 12.3. The number of aromatic amines is 1. The molecule has 3 N–H and O–H groups in total. The summed E-state index contributed by atoms with van der Waals surface area (Å²) in [5, 5.41) is 15.2. The number of carbonyl (C=O) groups is 1. The Hall–Kier alpha value is -3.31. The molecule has 0 atom stereocenters. The van der Waals surface area contributed by atoms with Gasteiger partial charge in [-0.05, 0) is 54.1 Å². The molecule has 0 saturated carbocycles. The number of para-hydroxylation sites is 1. The average molecular weight is 377 g/mol. The minimum atomic E-state index is -0.157. The molecule has 3 aromatic carbocycles. The molecule has 4 aromatic rings. The van der Waals surface area contributed by atoms with E-state index in [1.807, 2.05) is 48.5 Å². The third kappa shape index (κ3) is 3.93. The van der Waals surface area contributed by atoms with Crippen molar-refractivity contribution in [3.63, 3.8) is 0 Å². The largest absolute Gasteiger partial charge is 0.364 e. The van der Waals surface area contributed by atoms with Crippen LogP contribution < -0.4 is 10.6 Å². The van der Waals surface area contributed by atoms with Gasteiger partial charge in [0, 0.05) is 28.2 Å². The number of rotatable bonds is 5. The van der Waals surface area contributed by atoms with Crippen LogP contribution in [-0.2, 0) is 6.54 Å². The summed E-state index contributed by atoms with van der Waals surface area (Å²) in [5.74, 6) is 0.658. The zero-order valence-electron chi connectivity index (χ0n) is 14.4. The molecule has 4 rings (SSSR count). The van der Waals surface area contributed by atoms with Crippen LogP contribution in [0.2, 0.25) is 5.02 Å². The van der Waals surface area contributed by atoms with Crippen molar-refractivity contribution in [3.8, 4) is 0 Å². The minimum absolute atomic E-state index is 0.157. The summed E-state index contributed by atoms with van der Waals surface area (Å²) in [5.41, 5.74) is 3.36. The van der Waals surface area contributed by atoms with Crippen molar-refractivity contribution in [2.75, 3.05) is 10.6 Å². The molecule has 27 heavy (non-hydrogen) atoms. The smallest absolute Gasteiger partial charge is 0.255 e. The summed E-state index contributed by atoms with van der Waals surface area (Å²) < 4.78 is 0. The van der Waals surface area contributed by atoms with Crippen molar-refractivity contribution in [3.05, 3.63) is 88.9 Å². The highest BCUT2D eigenvalue weighted by Gasteiger charge is 2.07. The molecule has 0 aliphatic rings. The number of carbonyl (C=O) groups excluding carboxylic acids is 1. The molecule has 0 aliphatic carbocycles. The van der Waals surface area contributed by atoms with Crippen LogP contribution in [0.5, 0.6) is 0 Å². The molecule has 0 spiro atoms. The van der Waals surface area contributed by atoms with Crippen LogP contribution in [-0.4, -0.2) is 16.1 Å². The molecule has 1 heterocycles. The fourth-order valence-corrected chi connectivity index (χ4v) is 2.92. The first-order valence-corrected chi connectivity index (χ1v) is 8.90. The Balaban J connectivity index is 1.39. The number of fused-ring (bicyclic) bond motifs is 1. The lowest BCUT2D eigenvalue weighted by atomic mass is 10.1.